The van der Waals surface area contributed by atoms with Crippen LogP contribution >= 0.6 is 11.6 Å². The van der Waals surface area contributed by atoms with Crippen molar-refractivity contribution < 1.29 is 19.0 Å². The molecule has 0 saturated carbocycles. The normalized spacial score (nSPS) is 14.1. The molecule has 3 aromatic rings. The zero-order chi connectivity index (χ0) is 19.5. The van der Waals surface area contributed by atoms with E-state index in [0.717, 1.165) is 37.6 Å². The Hall–Kier alpha value is -2.90. The second-order valence-electron chi connectivity index (χ2n) is 6.17. The minimum Gasteiger partial charge on any atom is -0.504 e. The maximum Gasteiger partial charge on any atom is 0.222 e. The first-order valence-corrected chi connectivity index (χ1v) is 9.10. The highest BCUT2D eigenvalue weighted by molar-refractivity contribution is 6.32. The number of aromatic hydroxyl groups is 1. The van der Waals surface area contributed by atoms with Crippen LogP contribution in [0, 0.1) is 5.82 Å². The summed E-state index contributed by atoms with van der Waals surface area (Å²) < 4.78 is 24.9. The van der Waals surface area contributed by atoms with E-state index in [0.29, 0.717) is 5.82 Å². The first-order valence-electron chi connectivity index (χ1n) is 8.73. The van der Waals surface area contributed by atoms with Crippen LogP contribution in [0.1, 0.15) is 0 Å². The molecule has 0 bridgehead atoms. The second kappa shape index (κ2) is 8.00. The van der Waals surface area contributed by atoms with Crippen LogP contribution in [0.25, 0.3) is 11.4 Å². The van der Waals surface area contributed by atoms with Gasteiger partial charge in [0.1, 0.15) is 0 Å². The Morgan fingerprint density at radius 2 is 1.82 bits per heavy atom. The number of rotatable bonds is 4. The predicted octanol–water partition coefficient (Wildman–Crippen LogP) is 4.27. The summed E-state index contributed by atoms with van der Waals surface area (Å²) in [6.07, 6.45) is 1.53. The highest BCUT2D eigenvalue weighted by Crippen LogP contribution is 2.34. The van der Waals surface area contributed by atoms with Crippen LogP contribution in [0.3, 0.4) is 0 Å². The van der Waals surface area contributed by atoms with Gasteiger partial charge in [0.2, 0.25) is 11.7 Å². The molecule has 0 atom stereocenters. The van der Waals surface area contributed by atoms with Crippen molar-refractivity contribution in [3.63, 3.8) is 0 Å². The van der Waals surface area contributed by atoms with E-state index in [1.54, 1.807) is 0 Å². The quantitative estimate of drug-likeness (QED) is 0.704. The zero-order valence-electron chi connectivity index (χ0n) is 14.8. The van der Waals surface area contributed by atoms with E-state index in [4.69, 9.17) is 21.1 Å². The van der Waals surface area contributed by atoms with Gasteiger partial charge in [-0.15, -0.1) is 0 Å². The largest absolute Gasteiger partial charge is 0.504 e. The van der Waals surface area contributed by atoms with Crippen LogP contribution < -0.4 is 9.64 Å². The lowest BCUT2D eigenvalue weighted by Crippen LogP contribution is -2.36. The monoisotopic (exact) mass is 401 g/mol. The summed E-state index contributed by atoms with van der Waals surface area (Å²) in [7, 11) is 0. The van der Waals surface area contributed by atoms with Crippen molar-refractivity contribution in [1.82, 2.24) is 9.97 Å². The number of nitrogens with zero attached hydrogens (tertiary/aromatic N) is 3. The number of morpholine rings is 1. The Morgan fingerprint density at radius 1 is 1.07 bits per heavy atom. The molecule has 4 rings (SSSR count). The first kappa shape index (κ1) is 18.5. The van der Waals surface area contributed by atoms with Crippen LogP contribution in [-0.2, 0) is 4.74 Å². The van der Waals surface area contributed by atoms with Gasteiger partial charge >= 0.3 is 0 Å². The van der Waals surface area contributed by atoms with Crippen molar-refractivity contribution >= 4 is 17.3 Å². The van der Waals surface area contributed by atoms with Crippen molar-refractivity contribution in [3.05, 3.63) is 59.5 Å². The second-order valence-corrected chi connectivity index (χ2v) is 6.58. The van der Waals surface area contributed by atoms with Crippen LogP contribution in [0.2, 0.25) is 5.02 Å². The van der Waals surface area contributed by atoms with Crippen LogP contribution in [-0.4, -0.2) is 41.4 Å². The van der Waals surface area contributed by atoms with Crippen LogP contribution in [0.15, 0.2) is 48.7 Å². The van der Waals surface area contributed by atoms with Gasteiger partial charge in [-0.1, -0.05) is 11.6 Å². The van der Waals surface area contributed by atoms with E-state index < -0.39 is 11.6 Å². The molecule has 0 spiro atoms. The molecule has 6 nitrogen and oxygen atoms in total. The molecule has 0 unspecified atom stereocenters. The van der Waals surface area contributed by atoms with Gasteiger partial charge in [-0.2, -0.15) is 9.37 Å². The average molecular weight is 402 g/mol. The molecule has 28 heavy (non-hydrogen) atoms. The molecule has 0 amide bonds. The summed E-state index contributed by atoms with van der Waals surface area (Å²) >= 11 is 5.68. The van der Waals surface area contributed by atoms with Crippen LogP contribution in [0.4, 0.5) is 10.1 Å². The number of hydrogen-bond donors (Lipinski definition) is 1. The summed E-state index contributed by atoms with van der Waals surface area (Å²) in [5.74, 6) is -1.17. The third-order valence-electron chi connectivity index (χ3n) is 4.38. The lowest BCUT2D eigenvalue weighted by Gasteiger charge is -2.28. The fourth-order valence-electron chi connectivity index (χ4n) is 2.89. The van der Waals surface area contributed by atoms with Gasteiger partial charge < -0.3 is 19.5 Å². The number of anilines is 1. The number of aromatic nitrogens is 2. The van der Waals surface area contributed by atoms with E-state index in [1.165, 1.54) is 24.4 Å². The highest BCUT2D eigenvalue weighted by atomic mass is 35.5. The summed E-state index contributed by atoms with van der Waals surface area (Å²) in [5.41, 5.74) is 1.92. The highest BCUT2D eigenvalue weighted by Gasteiger charge is 2.15. The minimum atomic E-state index is -0.942. The van der Waals surface area contributed by atoms with E-state index >= 15 is 0 Å². The third-order valence-corrected chi connectivity index (χ3v) is 4.68. The molecule has 1 N–H and O–H groups in total. The average Bonchev–Trinajstić information content (AvgIpc) is 2.75. The summed E-state index contributed by atoms with van der Waals surface area (Å²) in [5, 5.41) is 9.51. The van der Waals surface area contributed by atoms with Gasteiger partial charge in [0.15, 0.2) is 17.3 Å². The van der Waals surface area contributed by atoms with Crippen molar-refractivity contribution in [2.75, 3.05) is 31.2 Å². The van der Waals surface area contributed by atoms with Gasteiger partial charge in [0.25, 0.3) is 0 Å². The summed E-state index contributed by atoms with van der Waals surface area (Å²) in [6, 6.07) is 12.1. The lowest BCUT2D eigenvalue weighted by molar-refractivity contribution is 0.122. The standard InChI is InChI=1S/C20H17ClFN3O3/c21-15-5-6-16(18(22)19(15)26)28-17-7-8-23-20(24-17)13-1-3-14(4-2-13)25-9-11-27-12-10-25/h1-8,26H,9-12H2. The molecule has 8 heteroatoms. The zero-order valence-corrected chi connectivity index (χ0v) is 15.6. The molecule has 2 heterocycles. The Labute approximate surface area is 166 Å². The molecule has 1 fully saturated rings. The van der Waals surface area contributed by atoms with Crippen molar-refractivity contribution in [1.29, 1.82) is 0 Å². The van der Waals surface area contributed by atoms with Crippen molar-refractivity contribution in [2.24, 2.45) is 0 Å². The number of hydrogen-bond acceptors (Lipinski definition) is 6. The summed E-state index contributed by atoms with van der Waals surface area (Å²) in [4.78, 5) is 10.8. The van der Waals surface area contributed by atoms with Gasteiger partial charge in [0.05, 0.1) is 18.2 Å². The van der Waals surface area contributed by atoms with Crippen LogP contribution in [0.5, 0.6) is 17.4 Å². The first-order chi connectivity index (χ1) is 13.6. The molecule has 0 aliphatic carbocycles. The molecule has 1 saturated heterocycles. The maximum absolute atomic E-state index is 14.1. The Bertz CT molecular complexity index is 979. The smallest absolute Gasteiger partial charge is 0.222 e. The number of phenols is 1. The molecule has 1 aromatic heterocycles. The van der Waals surface area contributed by atoms with Gasteiger partial charge in [-0.3, -0.25) is 0 Å². The van der Waals surface area contributed by atoms with Gasteiger partial charge in [-0.05, 0) is 36.4 Å². The molecular weight excluding hydrogens is 385 g/mol. The van der Waals surface area contributed by atoms with E-state index in [2.05, 4.69) is 14.9 Å². The third kappa shape index (κ3) is 3.85. The predicted molar refractivity (Wildman–Crippen MR) is 104 cm³/mol. The fraction of sp³-hybridized carbons (Fsp3) is 0.200. The molecule has 1 aliphatic rings. The summed E-state index contributed by atoms with van der Waals surface area (Å²) in [6.45, 7) is 3.17. The molecule has 1 aliphatic heterocycles. The molecular formula is C20H17ClFN3O3. The maximum atomic E-state index is 14.1. The van der Waals surface area contributed by atoms with E-state index in [-0.39, 0.29) is 16.7 Å². The Balaban J connectivity index is 1.54. The molecule has 144 valence electrons. The van der Waals surface area contributed by atoms with Gasteiger partial charge in [-0.25, -0.2) is 4.98 Å². The topological polar surface area (TPSA) is 67.7 Å². The molecule has 0 radical (unpaired) electrons. The fourth-order valence-corrected chi connectivity index (χ4v) is 3.04. The number of halogens is 2. The SMILES string of the molecule is Oc1c(Cl)ccc(Oc2ccnc(-c3ccc(N4CCOCC4)cc3)n2)c1F. The molecule has 2 aromatic carbocycles. The number of ether oxygens (including phenoxy) is 2. The number of phenolic OH excluding ortho intramolecular Hbond substituents is 1. The van der Waals surface area contributed by atoms with E-state index in [9.17, 15) is 9.50 Å². The van der Waals surface area contributed by atoms with Gasteiger partial charge in [0, 0.05) is 36.6 Å². The Kier molecular flexibility index (Phi) is 5.27. The van der Waals surface area contributed by atoms with Crippen molar-refractivity contribution in [3.8, 4) is 28.8 Å². The lowest BCUT2D eigenvalue weighted by atomic mass is 10.1. The Morgan fingerprint density at radius 3 is 2.57 bits per heavy atom. The number of benzene rings is 2. The minimum absolute atomic E-state index is 0.0893. The van der Waals surface area contributed by atoms with Crippen molar-refractivity contribution in [2.45, 2.75) is 0 Å². The van der Waals surface area contributed by atoms with E-state index in [1.807, 2.05) is 24.3 Å².